The Labute approximate surface area is 93.8 Å². The highest BCUT2D eigenvalue weighted by atomic mass is 16.5. The molecule has 0 aromatic carbocycles. The van der Waals surface area contributed by atoms with E-state index in [4.69, 9.17) is 4.52 Å². The van der Waals surface area contributed by atoms with Gasteiger partial charge in [0, 0.05) is 0 Å². The van der Waals surface area contributed by atoms with Gasteiger partial charge in [-0.15, -0.1) is 0 Å². The molecule has 2 unspecified atom stereocenters. The van der Waals surface area contributed by atoms with Crippen LogP contribution >= 0.6 is 0 Å². The van der Waals surface area contributed by atoms with Gasteiger partial charge in [0.15, 0.2) is 5.82 Å². The lowest BCUT2D eigenvalue weighted by molar-refractivity contribution is -0.123. The zero-order chi connectivity index (χ0) is 11.5. The summed E-state index contributed by atoms with van der Waals surface area (Å²) in [7, 11) is 0. The van der Waals surface area contributed by atoms with Crippen LogP contribution in [-0.2, 0) is 11.3 Å². The van der Waals surface area contributed by atoms with Crippen LogP contribution in [0.25, 0.3) is 0 Å². The molecule has 16 heavy (non-hydrogen) atoms. The van der Waals surface area contributed by atoms with Crippen molar-refractivity contribution >= 4 is 5.91 Å². The smallest absolute Gasteiger partial charge is 0.246 e. The van der Waals surface area contributed by atoms with Crippen molar-refractivity contribution in [1.82, 2.24) is 20.8 Å². The van der Waals surface area contributed by atoms with E-state index in [0.29, 0.717) is 24.2 Å². The molecular formula is C10H16N4O2. The minimum atomic E-state index is -0.0935. The van der Waals surface area contributed by atoms with Crippen molar-refractivity contribution in [3.05, 3.63) is 11.7 Å². The van der Waals surface area contributed by atoms with Gasteiger partial charge < -0.3 is 15.2 Å². The molecule has 2 N–H and O–H groups in total. The van der Waals surface area contributed by atoms with Crippen molar-refractivity contribution in [2.45, 2.75) is 32.9 Å². The molecule has 1 amide bonds. The molecule has 6 heteroatoms. The van der Waals surface area contributed by atoms with E-state index in [2.05, 4.69) is 27.7 Å². The normalized spacial score (nSPS) is 24.6. The molecule has 88 valence electrons. The second kappa shape index (κ2) is 4.61. The molecule has 1 fully saturated rings. The number of aromatic nitrogens is 2. The Balaban J connectivity index is 1.83. The molecule has 1 aromatic rings. The second-order valence-electron chi connectivity index (χ2n) is 4.15. The molecule has 0 bridgehead atoms. The summed E-state index contributed by atoms with van der Waals surface area (Å²) in [6.07, 6.45) is 1.04. The van der Waals surface area contributed by atoms with E-state index in [-0.39, 0.29) is 11.9 Å². The first-order valence-electron chi connectivity index (χ1n) is 5.47. The SMILES string of the molecule is Cc1noc(CNC(=O)C2NCCC2C)n1. The summed E-state index contributed by atoms with van der Waals surface area (Å²) in [6.45, 7) is 5.01. The van der Waals surface area contributed by atoms with Crippen LogP contribution in [0.2, 0.25) is 0 Å². The minimum Gasteiger partial charge on any atom is -0.346 e. The van der Waals surface area contributed by atoms with Crippen molar-refractivity contribution in [3.63, 3.8) is 0 Å². The van der Waals surface area contributed by atoms with Gasteiger partial charge in [-0.05, 0) is 25.8 Å². The van der Waals surface area contributed by atoms with E-state index in [0.717, 1.165) is 13.0 Å². The lowest BCUT2D eigenvalue weighted by Gasteiger charge is -2.14. The third-order valence-electron chi connectivity index (χ3n) is 2.80. The van der Waals surface area contributed by atoms with Gasteiger partial charge in [0.05, 0.1) is 12.6 Å². The van der Waals surface area contributed by atoms with Crippen LogP contribution in [0.4, 0.5) is 0 Å². The number of amides is 1. The molecule has 1 saturated heterocycles. The zero-order valence-corrected chi connectivity index (χ0v) is 9.49. The highest BCUT2D eigenvalue weighted by Crippen LogP contribution is 2.14. The number of hydrogen-bond donors (Lipinski definition) is 2. The van der Waals surface area contributed by atoms with Crippen molar-refractivity contribution in [1.29, 1.82) is 0 Å². The van der Waals surface area contributed by atoms with E-state index >= 15 is 0 Å². The first-order valence-corrected chi connectivity index (χ1v) is 5.47. The van der Waals surface area contributed by atoms with E-state index in [1.807, 2.05) is 0 Å². The molecular weight excluding hydrogens is 208 g/mol. The molecule has 1 aliphatic heterocycles. The molecule has 0 aliphatic carbocycles. The van der Waals surface area contributed by atoms with E-state index in [9.17, 15) is 4.79 Å². The van der Waals surface area contributed by atoms with Gasteiger partial charge in [-0.25, -0.2) is 0 Å². The van der Waals surface area contributed by atoms with Crippen molar-refractivity contribution in [3.8, 4) is 0 Å². The maximum absolute atomic E-state index is 11.8. The summed E-state index contributed by atoms with van der Waals surface area (Å²) in [6, 6.07) is -0.0935. The second-order valence-corrected chi connectivity index (χ2v) is 4.15. The number of nitrogens with one attached hydrogen (secondary N) is 2. The van der Waals surface area contributed by atoms with Gasteiger partial charge in [-0.1, -0.05) is 12.1 Å². The van der Waals surface area contributed by atoms with Crippen molar-refractivity contribution in [2.75, 3.05) is 6.54 Å². The van der Waals surface area contributed by atoms with Crippen LogP contribution < -0.4 is 10.6 Å². The molecule has 2 heterocycles. The number of rotatable bonds is 3. The van der Waals surface area contributed by atoms with Gasteiger partial charge >= 0.3 is 0 Å². The molecule has 0 spiro atoms. The lowest BCUT2D eigenvalue weighted by atomic mass is 10.0. The van der Waals surface area contributed by atoms with Crippen molar-refractivity contribution in [2.24, 2.45) is 5.92 Å². The monoisotopic (exact) mass is 224 g/mol. The Hall–Kier alpha value is -1.43. The maximum Gasteiger partial charge on any atom is 0.246 e. The van der Waals surface area contributed by atoms with E-state index in [1.165, 1.54) is 0 Å². The predicted octanol–water partition coefficient (Wildman–Crippen LogP) is -0.00778. The highest BCUT2D eigenvalue weighted by molar-refractivity contribution is 5.82. The van der Waals surface area contributed by atoms with Gasteiger partial charge in [0.2, 0.25) is 11.8 Å². The first kappa shape index (κ1) is 11.1. The molecule has 2 atom stereocenters. The Kier molecular flexibility index (Phi) is 3.19. The maximum atomic E-state index is 11.8. The molecule has 6 nitrogen and oxygen atoms in total. The summed E-state index contributed by atoms with van der Waals surface area (Å²) >= 11 is 0. The van der Waals surface area contributed by atoms with Crippen molar-refractivity contribution < 1.29 is 9.32 Å². The zero-order valence-electron chi connectivity index (χ0n) is 9.49. The third kappa shape index (κ3) is 2.38. The number of carbonyl (C=O) groups excluding carboxylic acids is 1. The van der Waals surface area contributed by atoms with Crippen LogP contribution in [0, 0.1) is 12.8 Å². The Morgan fingerprint density at radius 3 is 3.06 bits per heavy atom. The molecule has 1 aliphatic rings. The Morgan fingerprint density at radius 2 is 2.50 bits per heavy atom. The summed E-state index contributed by atoms with van der Waals surface area (Å²) < 4.78 is 4.91. The quantitative estimate of drug-likeness (QED) is 0.755. The summed E-state index contributed by atoms with van der Waals surface area (Å²) in [5.41, 5.74) is 0. The molecule has 2 rings (SSSR count). The van der Waals surface area contributed by atoms with Gasteiger partial charge in [0.25, 0.3) is 0 Å². The predicted molar refractivity (Wildman–Crippen MR) is 56.5 cm³/mol. The van der Waals surface area contributed by atoms with Gasteiger partial charge in [0.1, 0.15) is 0 Å². The van der Waals surface area contributed by atoms with Gasteiger partial charge in [-0.2, -0.15) is 4.98 Å². The number of aryl methyl sites for hydroxylation is 1. The Bertz CT molecular complexity index is 377. The largest absolute Gasteiger partial charge is 0.346 e. The minimum absolute atomic E-state index is 0.000790. The van der Waals surface area contributed by atoms with E-state index in [1.54, 1.807) is 6.92 Å². The van der Waals surface area contributed by atoms with Crippen LogP contribution in [0.3, 0.4) is 0 Å². The van der Waals surface area contributed by atoms with Crippen LogP contribution in [0.5, 0.6) is 0 Å². The molecule has 0 radical (unpaired) electrons. The van der Waals surface area contributed by atoms with Crippen LogP contribution in [0.15, 0.2) is 4.52 Å². The Morgan fingerprint density at radius 1 is 1.69 bits per heavy atom. The number of carbonyl (C=O) groups is 1. The van der Waals surface area contributed by atoms with Gasteiger partial charge in [-0.3, -0.25) is 4.79 Å². The summed E-state index contributed by atoms with van der Waals surface area (Å²) in [4.78, 5) is 15.8. The lowest BCUT2D eigenvalue weighted by Crippen LogP contribution is -2.42. The molecule has 1 aromatic heterocycles. The standard InChI is InChI=1S/C10H16N4O2/c1-6-3-4-11-9(6)10(15)12-5-8-13-7(2)14-16-8/h6,9,11H,3-5H2,1-2H3,(H,12,15). The average Bonchev–Trinajstić information content (AvgIpc) is 2.84. The van der Waals surface area contributed by atoms with Crippen LogP contribution in [-0.4, -0.2) is 28.6 Å². The fraction of sp³-hybridized carbons (Fsp3) is 0.700. The fourth-order valence-electron chi connectivity index (χ4n) is 1.87. The molecule has 0 saturated carbocycles. The van der Waals surface area contributed by atoms with Crippen LogP contribution in [0.1, 0.15) is 25.1 Å². The fourth-order valence-corrected chi connectivity index (χ4v) is 1.87. The van der Waals surface area contributed by atoms with E-state index < -0.39 is 0 Å². The summed E-state index contributed by atoms with van der Waals surface area (Å²) in [5.74, 6) is 1.40. The third-order valence-corrected chi connectivity index (χ3v) is 2.80. The highest BCUT2D eigenvalue weighted by Gasteiger charge is 2.29. The topological polar surface area (TPSA) is 80.0 Å². The summed E-state index contributed by atoms with van der Waals surface area (Å²) in [5, 5.41) is 9.61. The first-order chi connectivity index (χ1) is 7.66. The average molecular weight is 224 g/mol. The number of nitrogens with zero attached hydrogens (tertiary/aromatic N) is 2. The number of hydrogen-bond acceptors (Lipinski definition) is 5.